The first-order chi connectivity index (χ1) is 14.4. The summed E-state index contributed by atoms with van der Waals surface area (Å²) in [6.45, 7) is 3.56. The smallest absolute Gasteiger partial charge is 0.253 e. The molecule has 0 aromatic heterocycles. The fraction of sp³-hybridized carbons (Fsp3) is 0.318. The molecule has 0 radical (unpaired) electrons. The van der Waals surface area contributed by atoms with Crippen molar-refractivity contribution in [1.29, 1.82) is 0 Å². The predicted octanol–water partition coefficient (Wildman–Crippen LogP) is 1.84. The minimum Gasteiger partial charge on any atom is -0.771 e. The maximum Gasteiger partial charge on any atom is 0.253 e. The molecule has 8 heteroatoms. The molecule has 1 aliphatic heterocycles. The third kappa shape index (κ3) is 3.51. The van der Waals surface area contributed by atoms with Gasteiger partial charge in [-0.25, -0.2) is 0 Å². The highest BCUT2D eigenvalue weighted by Gasteiger charge is 2.31. The van der Waals surface area contributed by atoms with Gasteiger partial charge in [-0.05, 0) is 35.7 Å². The molecule has 1 saturated heterocycles. The molecular weight excluding hydrogens is 404 g/mol. The van der Waals surface area contributed by atoms with Crippen molar-refractivity contribution in [3.05, 3.63) is 70.3 Å². The number of piperazine rings is 1. The van der Waals surface area contributed by atoms with Gasteiger partial charge in [-0.2, -0.15) is 0 Å². The number of carbonyl (C=O) groups is 3. The zero-order chi connectivity index (χ0) is 21.4. The van der Waals surface area contributed by atoms with Crippen molar-refractivity contribution in [2.45, 2.75) is 18.7 Å². The lowest BCUT2D eigenvalue weighted by molar-refractivity contribution is 0.0616. The minimum atomic E-state index is -2.18. The number of ketones is 2. The van der Waals surface area contributed by atoms with E-state index in [2.05, 4.69) is 0 Å². The highest BCUT2D eigenvalue weighted by atomic mass is 32.2. The van der Waals surface area contributed by atoms with Gasteiger partial charge in [-0.1, -0.05) is 31.2 Å². The standard InChI is InChI=1S/C22H22N2O5S/c1-2-19(30(28)29)23-9-11-24(12-10-23)22(27)14-7-8-17-18(13-14)21(26)16-6-4-3-5-15(16)20(17)25/h3-8,13,19H,2,9-12H2,1H3,(H,28,29)/p-1/t19-/m0/s1. The van der Waals surface area contributed by atoms with Crippen LogP contribution in [-0.2, 0) is 11.1 Å². The van der Waals surface area contributed by atoms with Gasteiger partial charge in [-0.15, -0.1) is 0 Å². The normalized spacial score (nSPS) is 18.5. The molecular formula is C22H21N2O5S-. The Bertz CT molecular complexity index is 1060. The van der Waals surface area contributed by atoms with Gasteiger partial charge in [0.2, 0.25) is 0 Å². The Morgan fingerprint density at radius 1 is 0.967 bits per heavy atom. The summed E-state index contributed by atoms with van der Waals surface area (Å²) < 4.78 is 22.7. The van der Waals surface area contributed by atoms with Gasteiger partial charge in [0, 0.05) is 54.0 Å². The molecule has 156 valence electrons. The van der Waals surface area contributed by atoms with Gasteiger partial charge in [-0.3, -0.25) is 23.5 Å². The fourth-order valence-electron chi connectivity index (χ4n) is 4.14. The highest BCUT2D eigenvalue weighted by Crippen LogP contribution is 2.28. The number of nitrogens with zero attached hydrogens (tertiary/aromatic N) is 2. The molecule has 2 aliphatic rings. The van der Waals surface area contributed by atoms with Crippen molar-refractivity contribution in [1.82, 2.24) is 9.80 Å². The average Bonchev–Trinajstić information content (AvgIpc) is 2.77. The number of fused-ring (bicyclic) bond motifs is 2. The number of rotatable bonds is 4. The van der Waals surface area contributed by atoms with Crippen molar-refractivity contribution in [2.75, 3.05) is 26.2 Å². The Labute approximate surface area is 177 Å². The van der Waals surface area contributed by atoms with E-state index in [-0.39, 0.29) is 23.0 Å². The minimum absolute atomic E-state index is 0.218. The second-order valence-electron chi connectivity index (χ2n) is 7.42. The first-order valence-electron chi connectivity index (χ1n) is 9.86. The number of amides is 1. The highest BCUT2D eigenvalue weighted by molar-refractivity contribution is 7.79. The molecule has 2 aromatic carbocycles. The molecule has 0 N–H and O–H groups in total. The van der Waals surface area contributed by atoms with Gasteiger partial charge < -0.3 is 9.45 Å². The first-order valence-corrected chi connectivity index (χ1v) is 11.0. The first kappa shape index (κ1) is 20.6. The summed E-state index contributed by atoms with van der Waals surface area (Å²) in [6.07, 6.45) is 0.493. The topological polar surface area (TPSA) is 97.8 Å². The molecule has 2 aromatic rings. The van der Waals surface area contributed by atoms with Crippen molar-refractivity contribution in [3.8, 4) is 0 Å². The van der Waals surface area contributed by atoms with Crippen LogP contribution in [0.1, 0.15) is 55.5 Å². The van der Waals surface area contributed by atoms with Crippen LogP contribution in [0.25, 0.3) is 0 Å². The lowest BCUT2D eigenvalue weighted by atomic mass is 9.83. The largest absolute Gasteiger partial charge is 0.771 e. The summed E-state index contributed by atoms with van der Waals surface area (Å²) in [7, 11) is 0. The summed E-state index contributed by atoms with van der Waals surface area (Å²) in [6, 6.07) is 11.3. The fourth-order valence-corrected chi connectivity index (χ4v) is 4.87. The molecule has 0 saturated carbocycles. The lowest BCUT2D eigenvalue weighted by Gasteiger charge is -2.39. The quantitative estimate of drug-likeness (QED) is 0.592. The van der Waals surface area contributed by atoms with E-state index in [1.54, 1.807) is 41.3 Å². The van der Waals surface area contributed by atoms with Gasteiger partial charge in [0.15, 0.2) is 11.6 Å². The van der Waals surface area contributed by atoms with Crippen LogP contribution >= 0.6 is 0 Å². The number of hydrogen-bond donors (Lipinski definition) is 0. The van der Waals surface area contributed by atoms with Crippen LogP contribution in [0, 0.1) is 0 Å². The Hall–Kier alpha value is -2.68. The van der Waals surface area contributed by atoms with Crippen LogP contribution in [0.5, 0.6) is 0 Å². The molecule has 1 heterocycles. The van der Waals surface area contributed by atoms with Gasteiger partial charge in [0.25, 0.3) is 5.91 Å². The SMILES string of the molecule is CC[C@@H](N1CCN(C(=O)c2ccc3c(c2)C(=O)c2ccccc2C3=O)CC1)S(=O)[O-]. The molecule has 1 unspecified atom stereocenters. The molecule has 0 spiro atoms. The van der Waals surface area contributed by atoms with Crippen LogP contribution in [0.15, 0.2) is 42.5 Å². The van der Waals surface area contributed by atoms with Crippen LogP contribution in [0.2, 0.25) is 0 Å². The Morgan fingerprint density at radius 2 is 1.53 bits per heavy atom. The van der Waals surface area contributed by atoms with E-state index >= 15 is 0 Å². The number of benzene rings is 2. The summed E-state index contributed by atoms with van der Waals surface area (Å²) in [4.78, 5) is 42.1. The molecule has 7 nitrogen and oxygen atoms in total. The van der Waals surface area contributed by atoms with Gasteiger partial charge in [0.05, 0.1) is 5.37 Å². The maximum atomic E-state index is 13.0. The van der Waals surface area contributed by atoms with E-state index < -0.39 is 16.5 Å². The summed E-state index contributed by atoms with van der Waals surface area (Å²) in [5.41, 5.74) is 1.64. The van der Waals surface area contributed by atoms with E-state index in [1.807, 2.05) is 11.8 Å². The van der Waals surface area contributed by atoms with Crippen LogP contribution in [0.3, 0.4) is 0 Å². The van der Waals surface area contributed by atoms with Crippen molar-refractivity contribution in [3.63, 3.8) is 0 Å². The predicted molar refractivity (Wildman–Crippen MR) is 110 cm³/mol. The number of hydrogen-bond acceptors (Lipinski definition) is 6. The summed E-state index contributed by atoms with van der Waals surface area (Å²) in [5, 5.41) is -0.547. The molecule has 4 rings (SSSR count). The van der Waals surface area contributed by atoms with Crippen LogP contribution < -0.4 is 0 Å². The zero-order valence-electron chi connectivity index (χ0n) is 16.5. The third-order valence-electron chi connectivity index (χ3n) is 5.75. The molecule has 1 fully saturated rings. The molecule has 1 aliphatic carbocycles. The second-order valence-corrected chi connectivity index (χ2v) is 8.48. The zero-order valence-corrected chi connectivity index (χ0v) is 17.3. The van der Waals surface area contributed by atoms with Crippen LogP contribution in [-0.4, -0.2) is 67.6 Å². The second kappa shape index (κ2) is 8.22. The van der Waals surface area contributed by atoms with Crippen molar-refractivity contribution >= 4 is 28.6 Å². The maximum absolute atomic E-state index is 13.0. The summed E-state index contributed by atoms with van der Waals surface area (Å²) >= 11 is -2.18. The third-order valence-corrected chi connectivity index (χ3v) is 6.83. The lowest BCUT2D eigenvalue weighted by Crippen LogP contribution is -2.52. The van der Waals surface area contributed by atoms with E-state index in [4.69, 9.17) is 0 Å². The molecule has 0 bridgehead atoms. The summed E-state index contributed by atoms with van der Waals surface area (Å²) in [5.74, 6) is -0.708. The van der Waals surface area contributed by atoms with E-state index in [0.717, 1.165) is 0 Å². The van der Waals surface area contributed by atoms with Crippen LogP contribution in [0.4, 0.5) is 0 Å². The van der Waals surface area contributed by atoms with E-state index in [0.29, 0.717) is 54.9 Å². The Morgan fingerprint density at radius 3 is 2.10 bits per heavy atom. The Balaban J connectivity index is 1.54. The number of carbonyl (C=O) groups excluding carboxylic acids is 3. The van der Waals surface area contributed by atoms with E-state index in [1.165, 1.54) is 6.07 Å². The average molecular weight is 425 g/mol. The molecule has 1 amide bonds. The molecule has 2 atom stereocenters. The van der Waals surface area contributed by atoms with Crippen molar-refractivity contribution < 1.29 is 23.1 Å². The van der Waals surface area contributed by atoms with Gasteiger partial charge in [0.1, 0.15) is 0 Å². The van der Waals surface area contributed by atoms with Gasteiger partial charge >= 0.3 is 0 Å². The van der Waals surface area contributed by atoms with E-state index in [9.17, 15) is 23.1 Å². The molecule has 30 heavy (non-hydrogen) atoms. The Kier molecular flexibility index (Phi) is 5.64. The monoisotopic (exact) mass is 425 g/mol. The van der Waals surface area contributed by atoms with Crippen molar-refractivity contribution in [2.24, 2.45) is 0 Å².